The zero-order chi connectivity index (χ0) is 14.1. The molecule has 3 nitrogen and oxygen atoms in total. The van der Waals surface area contributed by atoms with Crippen molar-refractivity contribution >= 4 is 5.71 Å². The Kier molecular flexibility index (Phi) is 6.44. The van der Waals surface area contributed by atoms with Crippen LogP contribution >= 0.6 is 0 Å². The van der Waals surface area contributed by atoms with E-state index in [9.17, 15) is 0 Å². The molecular weight excluding hydrogens is 238 g/mol. The van der Waals surface area contributed by atoms with Crippen molar-refractivity contribution in [3.63, 3.8) is 0 Å². The Morgan fingerprint density at radius 3 is 2.58 bits per heavy atom. The van der Waals surface area contributed by atoms with Crippen LogP contribution in [0.5, 0.6) is 5.75 Å². The monoisotopic (exact) mass is 259 g/mol. The smallest absolute Gasteiger partial charge is 0.135 e. The Balaban J connectivity index is 2.57. The van der Waals surface area contributed by atoms with Crippen molar-refractivity contribution in [3.05, 3.63) is 54.6 Å². The van der Waals surface area contributed by atoms with E-state index in [1.807, 2.05) is 31.2 Å². The predicted molar refractivity (Wildman–Crippen MR) is 79.7 cm³/mol. The van der Waals surface area contributed by atoms with Crippen LogP contribution in [0.1, 0.15) is 25.8 Å². The summed E-state index contributed by atoms with van der Waals surface area (Å²) in [5, 5.41) is 3.99. The van der Waals surface area contributed by atoms with E-state index in [2.05, 4.69) is 25.2 Å². The molecule has 1 aromatic rings. The SMILES string of the molecule is C=CCON=C(C)c1ccc(OCC(=C)CC)cc1. The number of oxime groups is 1. The molecule has 0 radical (unpaired) electrons. The lowest BCUT2D eigenvalue weighted by atomic mass is 10.1. The van der Waals surface area contributed by atoms with Gasteiger partial charge in [-0.25, -0.2) is 0 Å². The molecule has 0 saturated heterocycles. The molecule has 3 heteroatoms. The zero-order valence-electron chi connectivity index (χ0n) is 11.7. The quantitative estimate of drug-likeness (QED) is 0.306. The second-order valence-electron chi connectivity index (χ2n) is 4.18. The van der Waals surface area contributed by atoms with Crippen LogP contribution in [0, 0.1) is 0 Å². The van der Waals surface area contributed by atoms with Crippen molar-refractivity contribution < 1.29 is 9.57 Å². The molecule has 0 unspecified atom stereocenters. The molecule has 0 heterocycles. The van der Waals surface area contributed by atoms with Gasteiger partial charge in [-0.2, -0.15) is 0 Å². The highest BCUT2D eigenvalue weighted by Gasteiger charge is 2.00. The maximum Gasteiger partial charge on any atom is 0.135 e. The Hall–Kier alpha value is -2.03. The van der Waals surface area contributed by atoms with Gasteiger partial charge in [-0.1, -0.05) is 31.3 Å². The minimum Gasteiger partial charge on any atom is -0.489 e. The average molecular weight is 259 g/mol. The van der Waals surface area contributed by atoms with Gasteiger partial charge < -0.3 is 9.57 Å². The van der Waals surface area contributed by atoms with Crippen LogP contribution in [0.4, 0.5) is 0 Å². The number of rotatable bonds is 8. The third kappa shape index (κ3) is 5.42. The fourth-order valence-electron chi connectivity index (χ4n) is 1.32. The van der Waals surface area contributed by atoms with Gasteiger partial charge in [0, 0.05) is 0 Å². The molecule has 0 saturated carbocycles. The van der Waals surface area contributed by atoms with Gasteiger partial charge in [0.15, 0.2) is 0 Å². The Labute approximate surface area is 115 Å². The molecule has 1 rings (SSSR count). The molecule has 1 aromatic carbocycles. The first-order chi connectivity index (χ1) is 9.17. The first kappa shape index (κ1) is 15.0. The lowest BCUT2D eigenvalue weighted by Gasteiger charge is -2.08. The third-order valence-electron chi connectivity index (χ3n) is 2.61. The van der Waals surface area contributed by atoms with E-state index in [0.29, 0.717) is 13.2 Å². The van der Waals surface area contributed by atoms with E-state index in [-0.39, 0.29) is 0 Å². The molecule has 0 atom stereocenters. The summed E-state index contributed by atoms with van der Waals surface area (Å²) in [4.78, 5) is 5.05. The molecule has 0 aliphatic heterocycles. The predicted octanol–water partition coefficient (Wildman–Crippen LogP) is 3.96. The van der Waals surface area contributed by atoms with E-state index >= 15 is 0 Å². The van der Waals surface area contributed by atoms with Crippen LogP contribution in [-0.2, 0) is 4.84 Å². The van der Waals surface area contributed by atoms with Crippen molar-refractivity contribution in [1.29, 1.82) is 0 Å². The molecular formula is C16H21NO2. The number of benzene rings is 1. The Morgan fingerprint density at radius 1 is 1.32 bits per heavy atom. The largest absolute Gasteiger partial charge is 0.489 e. The number of nitrogens with zero attached hydrogens (tertiary/aromatic N) is 1. The summed E-state index contributed by atoms with van der Waals surface area (Å²) in [6.07, 6.45) is 2.60. The lowest BCUT2D eigenvalue weighted by molar-refractivity contribution is 0.175. The molecule has 19 heavy (non-hydrogen) atoms. The molecule has 0 fully saturated rings. The van der Waals surface area contributed by atoms with Gasteiger partial charge >= 0.3 is 0 Å². The number of ether oxygens (including phenoxy) is 1. The van der Waals surface area contributed by atoms with E-state index in [4.69, 9.17) is 9.57 Å². The summed E-state index contributed by atoms with van der Waals surface area (Å²) < 4.78 is 5.61. The van der Waals surface area contributed by atoms with Crippen molar-refractivity contribution in [2.45, 2.75) is 20.3 Å². The molecule has 0 N–H and O–H groups in total. The minimum atomic E-state index is 0.414. The second kappa shape index (κ2) is 8.14. The van der Waals surface area contributed by atoms with Gasteiger partial charge in [0.25, 0.3) is 0 Å². The summed E-state index contributed by atoms with van der Waals surface area (Å²) in [6, 6.07) is 7.76. The van der Waals surface area contributed by atoms with Gasteiger partial charge in [0.2, 0.25) is 0 Å². The van der Waals surface area contributed by atoms with Gasteiger partial charge in [-0.15, -0.1) is 0 Å². The number of hydrogen-bond acceptors (Lipinski definition) is 3. The second-order valence-corrected chi connectivity index (χ2v) is 4.18. The van der Waals surface area contributed by atoms with Crippen LogP contribution in [0.25, 0.3) is 0 Å². The molecule has 0 aromatic heterocycles. The Bertz CT molecular complexity index is 446. The summed E-state index contributed by atoms with van der Waals surface area (Å²) in [6.45, 7) is 12.4. The maximum absolute atomic E-state index is 5.61. The molecule has 0 aliphatic carbocycles. The summed E-state index contributed by atoms with van der Waals surface area (Å²) >= 11 is 0. The molecule has 0 amide bonds. The maximum atomic E-state index is 5.61. The van der Waals surface area contributed by atoms with Crippen molar-refractivity contribution in [1.82, 2.24) is 0 Å². The van der Waals surface area contributed by atoms with E-state index < -0.39 is 0 Å². The summed E-state index contributed by atoms with van der Waals surface area (Å²) in [5.41, 5.74) is 2.91. The van der Waals surface area contributed by atoms with E-state index in [1.54, 1.807) is 6.08 Å². The fraction of sp³-hybridized carbons (Fsp3) is 0.312. The van der Waals surface area contributed by atoms with Crippen molar-refractivity contribution in [2.75, 3.05) is 13.2 Å². The van der Waals surface area contributed by atoms with Crippen molar-refractivity contribution in [2.24, 2.45) is 5.16 Å². The van der Waals surface area contributed by atoms with Crippen LogP contribution in [0.15, 0.2) is 54.2 Å². The van der Waals surface area contributed by atoms with Gasteiger partial charge in [-0.05, 0) is 48.7 Å². The third-order valence-corrected chi connectivity index (χ3v) is 2.61. The first-order valence-electron chi connectivity index (χ1n) is 6.34. The average Bonchev–Trinajstić information content (AvgIpc) is 2.45. The highest BCUT2D eigenvalue weighted by Crippen LogP contribution is 2.14. The standard InChI is InChI=1S/C16H21NO2/c1-5-11-19-17-14(4)15-7-9-16(10-8-15)18-12-13(3)6-2/h5,7-10H,1,3,6,11-12H2,2,4H3. The number of hydrogen-bond donors (Lipinski definition) is 0. The van der Waals surface area contributed by atoms with Crippen LogP contribution in [0.2, 0.25) is 0 Å². The topological polar surface area (TPSA) is 30.8 Å². The fourth-order valence-corrected chi connectivity index (χ4v) is 1.32. The van der Waals surface area contributed by atoms with E-state index in [0.717, 1.165) is 29.0 Å². The van der Waals surface area contributed by atoms with Gasteiger partial charge in [0.05, 0.1) is 5.71 Å². The molecule has 0 spiro atoms. The minimum absolute atomic E-state index is 0.414. The summed E-state index contributed by atoms with van der Waals surface area (Å²) in [5.74, 6) is 0.832. The van der Waals surface area contributed by atoms with Crippen molar-refractivity contribution in [3.8, 4) is 5.75 Å². The lowest BCUT2D eigenvalue weighted by Crippen LogP contribution is -2.00. The zero-order valence-corrected chi connectivity index (χ0v) is 11.7. The van der Waals surface area contributed by atoms with Crippen LogP contribution < -0.4 is 4.74 Å². The first-order valence-corrected chi connectivity index (χ1v) is 6.34. The highest BCUT2D eigenvalue weighted by atomic mass is 16.6. The van der Waals surface area contributed by atoms with Crippen LogP contribution in [-0.4, -0.2) is 18.9 Å². The van der Waals surface area contributed by atoms with Gasteiger partial charge in [0.1, 0.15) is 19.0 Å². The summed E-state index contributed by atoms with van der Waals surface area (Å²) in [7, 11) is 0. The Morgan fingerprint density at radius 2 is 2.00 bits per heavy atom. The normalized spacial score (nSPS) is 10.9. The van der Waals surface area contributed by atoms with Gasteiger partial charge in [-0.3, -0.25) is 0 Å². The van der Waals surface area contributed by atoms with Crippen LogP contribution in [0.3, 0.4) is 0 Å². The highest BCUT2D eigenvalue weighted by molar-refractivity contribution is 5.98. The molecule has 102 valence electrons. The molecule has 0 aliphatic rings. The molecule has 0 bridgehead atoms. The van der Waals surface area contributed by atoms with E-state index in [1.165, 1.54) is 0 Å².